The third-order valence-electron chi connectivity index (χ3n) is 6.88. The lowest BCUT2D eigenvalue weighted by Crippen LogP contribution is -2.36. The molecule has 2 aromatic carbocycles. The van der Waals surface area contributed by atoms with E-state index in [9.17, 15) is 0 Å². The Labute approximate surface area is 174 Å². The number of rotatable bonds is 0. The number of hydrogen-bond donors (Lipinski definition) is 0. The van der Waals surface area contributed by atoms with Crippen molar-refractivity contribution in [1.82, 2.24) is 9.97 Å². The van der Waals surface area contributed by atoms with Crippen LogP contribution in [-0.4, -0.2) is 14.7 Å². The summed E-state index contributed by atoms with van der Waals surface area (Å²) >= 11 is 3.96. The minimum atomic E-state index is 0.130. The second kappa shape index (κ2) is 4.72. The van der Waals surface area contributed by atoms with E-state index in [1.165, 1.54) is 47.7 Å². The first kappa shape index (κ1) is 15.2. The van der Waals surface area contributed by atoms with Crippen molar-refractivity contribution in [3.05, 3.63) is 77.1 Å². The minimum absolute atomic E-state index is 0.130. The molecule has 3 aliphatic rings. The van der Waals surface area contributed by atoms with Gasteiger partial charge in [0, 0.05) is 48.3 Å². The Morgan fingerprint density at radius 3 is 2.72 bits per heavy atom. The van der Waals surface area contributed by atoms with Gasteiger partial charge in [0.25, 0.3) is 0 Å². The van der Waals surface area contributed by atoms with Crippen LogP contribution in [0.2, 0.25) is 0 Å². The molecule has 1 aliphatic heterocycles. The molecular weight excluding hydrogens is 392 g/mol. The fraction of sp³-hybridized carbons (Fsp3) is 0.120. The molecule has 0 bridgehead atoms. The number of thiophene rings is 1. The lowest BCUT2D eigenvalue weighted by molar-refractivity contribution is 0.897. The largest absolute Gasteiger partial charge is 0.257 e. The minimum Gasteiger partial charge on any atom is -0.257 e. The van der Waals surface area contributed by atoms with E-state index in [1.807, 2.05) is 35.9 Å². The average Bonchev–Trinajstić information content (AvgIpc) is 3.14. The lowest BCUT2D eigenvalue weighted by Gasteiger charge is -2.14. The van der Waals surface area contributed by atoms with Crippen LogP contribution >= 0.6 is 23.1 Å². The van der Waals surface area contributed by atoms with Gasteiger partial charge in [0.15, 0.2) is 0 Å². The van der Waals surface area contributed by atoms with E-state index >= 15 is 0 Å². The molecule has 2 unspecified atom stereocenters. The summed E-state index contributed by atoms with van der Waals surface area (Å²) in [5.41, 5.74) is 2.70. The fourth-order valence-corrected chi connectivity index (χ4v) is 8.35. The Balaban J connectivity index is 1.43. The van der Waals surface area contributed by atoms with E-state index in [0.717, 1.165) is 10.9 Å². The molecule has 0 spiro atoms. The maximum absolute atomic E-state index is 4.65. The van der Waals surface area contributed by atoms with Crippen molar-refractivity contribution >= 4 is 66.3 Å². The number of aromatic nitrogens is 2. The van der Waals surface area contributed by atoms with Crippen LogP contribution in [0, 0.1) is 0 Å². The summed E-state index contributed by atoms with van der Waals surface area (Å²) in [7, 11) is 0. The number of thioether (sulfide) groups is 1. The van der Waals surface area contributed by atoms with E-state index in [2.05, 4.69) is 70.3 Å². The highest BCUT2D eigenvalue weighted by atomic mass is 32.2. The maximum atomic E-state index is 4.65. The van der Waals surface area contributed by atoms with Gasteiger partial charge in [0.05, 0.1) is 15.6 Å². The van der Waals surface area contributed by atoms with Crippen molar-refractivity contribution in [3.8, 4) is 0 Å². The Bertz CT molecular complexity index is 1680. The molecule has 1 fully saturated rings. The third kappa shape index (κ3) is 1.72. The normalized spacial score (nSPS) is 25.8. The van der Waals surface area contributed by atoms with E-state index in [4.69, 9.17) is 0 Å². The summed E-state index contributed by atoms with van der Waals surface area (Å²) in [5, 5.41) is 6.33. The zero-order valence-electron chi connectivity index (χ0n) is 15.3. The predicted octanol–water partition coefficient (Wildman–Crippen LogP) is 4.76. The molecular formula is C25H14N2S2. The van der Waals surface area contributed by atoms with Crippen LogP contribution in [0.15, 0.2) is 65.8 Å². The number of benzene rings is 2. The van der Waals surface area contributed by atoms with Crippen molar-refractivity contribution < 1.29 is 0 Å². The monoisotopic (exact) mass is 406 g/mol. The van der Waals surface area contributed by atoms with Gasteiger partial charge in [-0.25, -0.2) is 0 Å². The van der Waals surface area contributed by atoms with Gasteiger partial charge in [0.1, 0.15) is 0 Å². The highest BCUT2D eigenvalue weighted by Crippen LogP contribution is 2.76. The highest BCUT2D eigenvalue weighted by Gasteiger charge is 2.71. The second-order valence-electron chi connectivity index (χ2n) is 8.40. The molecule has 0 saturated heterocycles. The molecule has 3 aromatic heterocycles. The molecule has 1 saturated carbocycles. The molecule has 2 aliphatic carbocycles. The lowest BCUT2D eigenvalue weighted by atomic mass is 9.89. The van der Waals surface area contributed by atoms with Crippen LogP contribution in [-0.2, 0) is 5.41 Å². The van der Waals surface area contributed by atoms with Crippen LogP contribution in [0.3, 0.4) is 0 Å². The summed E-state index contributed by atoms with van der Waals surface area (Å²) in [6.07, 6.45) is 9.90. The van der Waals surface area contributed by atoms with Gasteiger partial charge < -0.3 is 0 Å². The standard InChI is InChI=1S/C25H14N2S2/c1-3-14-7-21-16(8-19(14)26-5-1)17-9-23-18(10-22(17)28-21)24-12-20-15(4-2-6-27-20)11-25(24,13-24)29-23/h1-12H,13H2. The summed E-state index contributed by atoms with van der Waals surface area (Å²) < 4.78 is 2.92. The molecule has 2 nitrogen and oxygen atoms in total. The first-order chi connectivity index (χ1) is 14.2. The van der Waals surface area contributed by atoms with E-state index < -0.39 is 0 Å². The van der Waals surface area contributed by atoms with Crippen molar-refractivity contribution in [2.75, 3.05) is 0 Å². The zero-order chi connectivity index (χ0) is 18.8. The van der Waals surface area contributed by atoms with Gasteiger partial charge in [-0.05, 0) is 59.7 Å². The molecule has 2 atom stereocenters. The third-order valence-corrected chi connectivity index (χ3v) is 9.55. The zero-order valence-corrected chi connectivity index (χ0v) is 17.0. The van der Waals surface area contributed by atoms with Crippen LogP contribution in [0.5, 0.6) is 0 Å². The van der Waals surface area contributed by atoms with Gasteiger partial charge in [-0.2, -0.15) is 0 Å². The molecule has 0 N–H and O–H groups in total. The molecule has 8 rings (SSSR count). The molecule has 0 radical (unpaired) electrons. The van der Waals surface area contributed by atoms with Gasteiger partial charge >= 0.3 is 0 Å². The number of fused-ring (bicyclic) bond motifs is 6. The molecule has 136 valence electrons. The number of pyridine rings is 2. The summed E-state index contributed by atoms with van der Waals surface area (Å²) in [4.78, 5) is 10.7. The average molecular weight is 407 g/mol. The van der Waals surface area contributed by atoms with E-state index in [1.54, 1.807) is 0 Å². The van der Waals surface area contributed by atoms with E-state index in [0.29, 0.717) is 0 Å². The first-order valence-electron chi connectivity index (χ1n) is 9.86. The van der Waals surface area contributed by atoms with Gasteiger partial charge in [-0.15, -0.1) is 23.1 Å². The van der Waals surface area contributed by atoms with Crippen LogP contribution in [0.1, 0.15) is 12.0 Å². The SMILES string of the molecule is C1=c2cccnc2=CC23CC12Sc1cc2c(cc13)sc1cc3cccnc3cc12. The predicted molar refractivity (Wildman–Crippen MR) is 122 cm³/mol. The van der Waals surface area contributed by atoms with E-state index in [-0.39, 0.29) is 10.2 Å². The quantitative estimate of drug-likeness (QED) is 0.371. The van der Waals surface area contributed by atoms with Crippen molar-refractivity contribution in [3.63, 3.8) is 0 Å². The van der Waals surface area contributed by atoms with Crippen LogP contribution < -0.4 is 10.6 Å². The fourth-order valence-electron chi connectivity index (χ4n) is 5.43. The van der Waals surface area contributed by atoms with Crippen LogP contribution in [0.4, 0.5) is 0 Å². The molecule has 4 heteroatoms. The summed E-state index contributed by atoms with van der Waals surface area (Å²) in [5.74, 6) is 0. The first-order valence-corrected chi connectivity index (χ1v) is 11.5. The second-order valence-corrected chi connectivity index (χ2v) is 10.9. The highest BCUT2D eigenvalue weighted by molar-refractivity contribution is 8.02. The van der Waals surface area contributed by atoms with Gasteiger partial charge in [0.2, 0.25) is 0 Å². The van der Waals surface area contributed by atoms with Crippen molar-refractivity contribution in [2.24, 2.45) is 0 Å². The van der Waals surface area contributed by atoms with Gasteiger partial charge in [-0.3, -0.25) is 9.97 Å². The van der Waals surface area contributed by atoms with Gasteiger partial charge in [-0.1, -0.05) is 18.2 Å². The summed E-state index contributed by atoms with van der Waals surface area (Å²) in [6.45, 7) is 0. The Hall–Kier alpha value is -2.69. The summed E-state index contributed by atoms with van der Waals surface area (Å²) in [6, 6.07) is 17.9. The Kier molecular flexibility index (Phi) is 2.47. The molecule has 29 heavy (non-hydrogen) atoms. The topological polar surface area (TPSA) is 25.8 Å². The molecule has 0 amide bonds. The number of nitrogens with zero attached hydrogens (tertiary/aromatic N) is 2. The van der Waals surface area contributed by atoms with Crippen molar-refractivity contribution in [2.45, 2.75) is 21.5 Å². The molecule has 5 aromatic rings. The van der Waals surface area contributed by atoms with Crippen LogP contribution in [0.25, 0.3) is 43.2 Å². The Morgan fingerprint density at radius 1 is 0.862 bits per heavy atom. The van der Waals surface area contributed by atoms with Crippen molar-refractivity contribution in [1.29, 1.82) is 0 Å². The maximum Gasteiger partial charge on any atom is 0.0709 e. The number of hydrogen-bond acceptors (Lipinski definition) is 4. The Morgan fingerprint density at radius 2 is 1.72 bits per heavy atom. The molecule has 4 heterocycles. The smallest absolute Gasteiger partial charge is 0.0709 e.